The summed E-state index contributed by atoms with van der Waals surface area (Å²) in [6.45, 7) is 0. The molecule has 0 atom stereocenters. The maximum Gasteiger partial charge on any atom is 0.194 e. The monoisotopic (exact) mass is 285 g/mol. The van der Waals surface area contributed by atoms with Gasteiger partial charge in [0, 0.05) is 0 Å². The topological polar surface area (TPSA) is 20.3 Å². The van der Waals surface area contributed by atoms with Gasteiger partial charge in [0.25, 0.3) is 0 Å². The van der Waals surface area contributed by atoms with Crippen LogP contribution in [0.15, 0.2) is 11.4 Å². The molecular weight excluding hydrogens is 266 g/mol. The summed E-state index contributed by atoms with van der Waals surface area (Å²) in [4.78, 5) is 15.7. The van der Waals surface area contributed by atoms with Gasteiger partial charge in [-0.1, -0.05) is 37.3 Å². The number of carbonyl (C=O) groups excluding carboxylic acids is 1. The van der Waals surface area contributed by atoms with Crippen molar-refractivity contribution in [3.05, 3.63) is 21.3 Å². The number of hydrogen-bond donors (Lipinski definition) is 0. The number of ketones is 1. The highest BCUT2D eigenvalue weighted by Crippen LogP contribution is 2.37. The molecule has 0 saturated heterocycles. The summed E-state index contributed by atoms with van der Waals surface area (Å²) in [6, 6.07) is 1.82. The minimum absolute atomic E-state index is 0.217. The smallest absolute Gasteiger partial charge is 0.194 e. The van der Waals surface area contributed by atoms with Crippen molar-refractivity contribution in [1.82, 2.24) is 4.90 Å². The number of Topliss-reactive ketones (excluding diaryl/α,β-unsaturated/α-hetero) is 1. The molecule has 0 N–H and O–H groups in total. The quantitative estimate of drug-likeness (QED) is 0.612. The molecule has 0 aromatic carbocycles. The highest BCUT2D eigenvalue weighted by Gasteiger charge is 2.42. The molecule has 1 aromatic heterocycles. The minimum Gasteiger partial charge on any atom is -0.297 e. The zero-order valence-electron chi connectivity index (χ0n) is 11.0. The predicted molar refractivity (Wildman–Crippen MR) is 77.8 cm³/mol. The van der Waals surface area contributed by atoms with E-state index in [2.05, 4.69) is 4.90 Å². The lowest BCUT2D eigenvalue weighted by Crippen LogP contribution is -2.50. The van der Waals surface area contributed by atoms with Gasteiger partial charge in [-0.15, -0.1) is 11.3 Å². The van der Waals surface area contributed by atoms with Crippen molar-refractivity contribution in [3.63, 3.8) is 0 Å². The third-order valence-corrected chi connectivity index (χ3v) is 5.37. The number of rotatable bonds is 3. The number of carbonyl (C=O) groups is 1. The van der Waals surface area contributed by atoms with E-state index in [0.29, 0.717) is 5.02 Å². The average Bonchev–Trinajstić information content (AvgIpc) is 2.63. The molecule has 1 saturated carbocycles. The Bertz CT molecular complexity index is 419. The van der Waals surface area contributed by atoms with E-state index < -0.39 is 0 Å². The van der Waals surface area contributed by atoms with Crippen molar-refractivity contribution in [2.75, 3.05) is 14.1 Å². The van der Waals surface area contributed by atoms with Crippen LogP contribution in [-0.4, -0.2) is 30.3 Å². The van der Waals surface area contributed by atoms with E-state index >= 15 is 0 Å². The lowest BCUT2D eigenvalue weighted by Gasteiger charge is -2.37. The molecule has 1 aliphatic carbocycles. The number of nitrogens with zero attached hydrogens (tertiary/aromatic N) is 1. The van der Waals surface area contributed by atoms with Gasteiger partial charge in [0.05, 0.1) is 15.4 Å². The fourth-order valence-corrected chi connectivity index (χ4v) is 4.03. The second kappa shape index (κ2) is 5.72. The summed E-state index contributed by atoms with van der Waals surface area (Å²) in [7, 11) is 4.04. The Morgan fingerprint density at radius 3 is 2.33 bits per heavy atom. The van der Waals surface area contributed by atoms with Crippen LogP contribution < -0.4 is 0 Å². The van der Waals surface area contributed by atoms with Crippen LogP contribution in [0.1, 0.15) is 48.2 Å². The Labute approximate surface area is 118 Å². The van der Waals surface area contributed by atoms with Crippen LogP contribution in [-0.2, 0) is 0 Å². The van der Waals surface area contributed by atoms with E-state index in [1.54, 1.807) is 0 Å². The molecule has 0 bridgehead atoms. The van der Waals surface area contributed by atoms with Crippen molar-refractivity contribution >= 4 is 28.7 Å². The predicted octanol–water partition coefficient (Wildman–Crippen LogP) is 4.24. The third kappa shape index (κ3) is 2.49. The second-order valence-corrected chi connectivity index (χ2v) is 6.59. The Morgan fingerprint density at radius 2 is 1.89 bits per heavy atom. The van der Waals surface area contributed by atoms with Gasteiger partial charge in [-0.3, -0.25) is 9.69 Å². The van der Waals surface area contributed by atoms with Crippen LogP contribution >= 0.6 is 22.9 Å². The van der Waals surface area contributed by atoms with Crippen molar-refractivity contribution in [2.45, 2.75) is 44.1 Å². The van der Waals surface area contributed by atoms with Crippen LogP contribution in [0.4, 0.5) is 0 Å². The SMILES string of the molecule is CN(C)C1(C(=O)c2sccc2Cl)CCCCCC1. The molecule has 1 aromatic rings. The Balaban J connectivity index is 2.35. The Kier molecular flexibility index (Phi) is 4.46. The van der Waals surface area contributed by atoms with Crippen molar-refractivity contribution in [1.29, 1.82) is 0 Å². The minimum atomic E-state index is -0.342. The molecule has 1 fully saturated rings. The standard InChI is InChI=1S/C14H20ClNOS/c1-16(2)14(8-5-3-4-6-9-14)13(17)12-11(15)7-10-18-12/h7,10H,3-6,8-9H2,1-2H3. The Morgan fingerprint density at radius 1 is 1.28 bits per heavy atom. The van der Waals surface area contributed by atoms with E-state index in [9.17, 15) is 4.79 Å². The highest BCUT2D eigenvalue weighted by molar-refractivity contribution is 7.12. The van der Waals surface area contributed by atoms with Gasteiger partial charge in [0.1, 0.15) is 0 Å². The molecule has 0 radical (unpaired) electrons. The first-order valence-electron chi connectivity index (χ1n) is 6.53. The summed E-state index contributed by atoms with van der Waals surface area (Å²) in [6.07, 6.45) is 6.64. The van der Waals surface area contributed by atoms with E-state index in [0.717, 1.165) is 30.6 Å². The van der Waals surface area contributed by atoms with E-state index in [4.69, 9.17) is 11.6 Å². The first kappa shape index (κ1) is 14.0. The molecule has 0 aliphatic heterocycles. The van der Waals surface area contributed by atoms with Crippen molar-refractivity contribution in [3.8, 4) is 0 Å². The molecule has 4 heteroatoms. The number of thiophene rings is 1. The number of likely N-dealkylation sites (N-methyl/N-ethyl adjacent to an activating group) is 1. The highest BCUT2D eigenvalue weighted by atomic mass is 35.5. The lowest BCUT2D eigenvalue weighted by atomic mass is 9.83. The summed E-state index contributed by atoms with van der Waals surface area (Å²) in [5, 5.41) is 2.51. The molecule has 0 amide bonds. The molecule has 100 valence electrons. The molecule has 2 rings (SSSR count). The van der Waals surface area contributed by atoms with E-state index in [1.165, 1.54) is 24.2 Å². The van der Waals surface area contributed by atoms with Crippen LogP contribution in [0.3, 0.4) is 0 Å². The summed E-state index contributed by atoms with van der Waals surface area (Å²) >= 11 is 7.60. The number of halogens is 1. The number of hydrogen-bond acceptors (Lipinski definition) is 3. The fraction of sp³-hybridized carbons (Fsp3) is 0.643. The van der Waals surface area contributed by atoms with Gasteiger partial charge >= 0.3 is 0 Å². The molecule has 1 aliphatic rings. The van der Waals surface area contributed by atoms with E-state index in [-0.39, 0.29) is 11.3 Å². The van der Waals surface area contributed by atoms with Crippen molar-refractivity contribution < 1.29 is 4.79 Å². The van der Waals surface area contributed by atoms with E-state index in [1.807, 2.05) is 25.5 Å². The summed E-state index contributed by atoms with van der Waals surface area (Å²) < 4.78 is 0. The van der Waals surface area contributed by atoms with Crippen molar-refractivity contribution in [2.24, 2.45) is 0 Å². The largest absolute Gasteiger partial charge is 0.297 e. The maximum atomic E-state index is 12.9. The lowest BCUT2D eigenvalue weighted by molar-refractivity contribution is 0.0640. The van der Waals surface area contributed by atoms with Crippen LogP contribution in [0.2, 0.25) is 5.02 Å². The van der Waals surface area contributed by atoms with Crippen LogP contribution in [0, 0.1) is 0 Å². The fourth-order valence-electron chi connectivity index (χ4n) is 2.86. The first-order valence-corrected chi connectivity index (χ1v) is 7.79. The van der Waals surface area contributed by atoms with Crippen LogP contribution in [0.25, 0.3) is 0 Å². The van der Waals surface area contributed by atoms with Gasteiger partial charge in [-0.2, -0.15) is 0 Å². The summed E-state index contributed by atoms with van der Waals surface area (Å²) in [5.74, 6) is 0.217. The van der Waals surface area contributed by atoms with Gasteiger partial charge in [-0.25, -0.2) is 0 Å². The summed E-state index contributed by atoms with van der Waals surface area (Å²) in [5.41, 5.74) is -0.342. The Hall–Kier alpha value is -0.380. The molecule has 0 spiro atoms. The van der Waals surface area contributed by atoms with Crippen LogP contribution in [0.5, 0.6) is 0 Å². The second-order valence-electron chi connectivity index (χ2n) is 5.27. The first-order chi connectivity index (χ1) is 8.58. The zero-order chi connectivity index (χ0) is 13.2. The average molecular weight is 286 g/mol. The van der Waals surface area contributed by atoms with Gasteiger partial charge in [0.2, 0.25) is 0 Å². The third-order valence-electron chi connectivity index (χ3n) is 4.03. The van der Waals surface area contributed by atoms with Gasteiger partial charge in [0.15, 0.2) is 5.78 Å². The molecule has 1 heterocycles. The molecular formula is C14H20ClNOS. The maximum absolute atomic E-state index is 12.9. The van der Waals surface area contributed by atoms with Gasteiger partial charge < -0.3 is 0 Å². The zero-order valence-corrected chi connectivity index (χ0v) is 12.6. The van der Waals surface area contributed by atoms with Gasteiger partial charge in [-0.05, 0) is 38.4 Å². The molecule has 18 heavy (non-hydrogen) atoms. The molecule has 0 unspecified atom stereocenters. The molecule has 2 nitrogen and oxygen atoms in total. The normalized spacial score (nSPS) is 19.8.